The van der Waals surface area contributed by atoms with E-state index in [4.69, 9.17) is 10.7 Å². The van der Waals surface area contributed by atoms with E-state index >= 15 is 0 Å². The van der Waals surface area contributed by atoms with Crippen LogP contribution < -0.4 is 0 Å². The predicted octanol–water partition coefficient (Wildman–Crippen LogP) is 1.29. The molecule has 17 heavy (non-hydrogen) atoms. The fourth-order valence-corrected chi connectivity index (χ4v) is 2.03. The van der Waals surface area contributed by atoms with Crippen molar-refractivity contribution >= 4 is 19.7 Å². The molecule has 1 heterocycles. The van der Waals surface area contributed by atoms with E-state index in [9.17, 15) is 8.42 Å². The molecular weight excluding hydrogens is 264 g/mol. The Morgan fingerprint density at radius 2 is 1.94 bits per heavy atom. The average Bonchev–Trinajstić information content (AvgIpc) is 2.76. The molecule has 0 aliphatic carbocycles. The molecule has 0 radical (unpaired) electrons. The topological polar surface area (TPSA) is 77.7 Å². The van der Waals surface area contributed by atoms with Crippen LogP contribution in [0, 0.1) is 0 Å². The number of aryl methyl sites for hydroxylation is 1. The highest BCUT2D eigenvalue weighted by atomic mass is 35.7. The molecule has 0 saturated carbocycles. The zero-order valence-corrected chi connectivity index (χ0v) is 10.5. The molecule has 0 aliphatic rings. The van der Waals surface area contributed by atoms with Gasteiger partial charge in [-0.3, -0.25) is 0 Å². The Morgan fingerprint density at radius 3 is 2.41 bits per heavy atom. The first kappa shape index (κ1) is 12.0. The van der Waals surface area contributed by atoms with Crippen molar-refractivity contribution in [2.75, 3.05) is 0 Å². The van der Waals surface area contributed by atoms with E-state index in [1.54, 1.807) is 12.1 Å². The molecule has 0 fully saturated rings. The van der Waals surface area contributed by atoms with Crippen LogP contribution in [0.15, 0.2) is 29.2 Å². The third kappa shape index (κ3) is 2.62. The van der Waals surface area contributed by atoms with E-state index in [1.807, 2.05) is 6.92 Å². The second kappa shape index (κ2) is 4.42. The molecular formula is C9H9ClN4O2S. The lowest BCUT2D eigenvalue weighted by Gasteiger charge is -1.97. The molecule has 1 aromatic heterocycles. The van der Waals surface area contributed by atoms with Gasteiger partial charge in [0.05, 0.1) is 11.4 Å². The van der Waals surface area contributed by atoms with Gasteiger partial charge in [-0.2, -0.15) is 4.80 Å². The lowest BCUT2D eigenvalue weighted by molar-refractivity contribution is 0.553. The Bertz CT molecular complexity index is 621. The van der Waals surface area contributed by atoms with Crippen molar-refractivity contribution in [2.45, 2.75) is 18.4 Å². The molecule has 0 amide bonds. The first-order valence-electron chi connectivity index (χ1n) is 4.83. The summed E-state index contributed by atoms with van der Waals surface area (Å²) in [7, 11) is 1.52. The zero-order valence-electron chi connectivity index (χ0n) is 8.91. The number of nitrogens with zero attached hydrogens (tertiary/aromatic N) is 4. The van der Waals surface area contributed by atoms with Gasteiger partial charge in [0, 0.05) is 16.2 Å². The zero-order chi connectivity index (χ0) is 12.5. The summed E-state index contributed by atoms with van der Waals surface area (Å²) in [5, 5.41) is 11.8. The van der Waals surface area contributed by atoms with Crippen LogP contribution >= 0.6 is 10.7 Å². The second-order valence-corrected chi connectivity index (χ2v) is 5.83. The van der Waals surface area contributed by atoms with Crippen LogP contribution in [-0.2, 0) is 15.6 Å². The fraction of sp³-hybridized carbons (Fsp3) is 0.222. The molecule has 2 aromatic rings. The van der Waals surface area contributed by atoms with Crippen molar-refractivity contribution in [2.24, 2.45) is 0 Å². The van der Waals surface area contributed by atoms with Crippen molar-refractivity contribution in [3.63, 3.8) is 0 Å². The Balaban J connectivity index is 2.35. The molecule has 0 aliphatic heterocycles. The minimum Gasteiger partial charge on any atom is -0.207 e. The maximum Gasteiger partial charge on any atom is 0.261 e. The summed E-state index contributed by atoms with van der Waals surface area (Å²) < 4.78 is 22.1. The number of aromatic nitrogens is 4. The van der Waals surface area contributed by atoms with Crippen LogP contribution in [0.2, 0.25) is 0 Å². The molecule has 0 spiro atoms. The molecule has 0 saturated heterocycles. The van der Waals surface area contributed by atoms with Crippen molar-refractivity contribution in [3.05, 3.63) is 24.3 Å². The second-order valence-electron chi connectivity index (χ2n) is 3.26. The van der Waals surface area contributed by atoms with Gasteiger partial charge in [-0.15, -0.1) is 10.2 Å². The van der Waals surface area contributed by atoms with Crippen LogP contribution in [0.25, 0.3) is 11.4 Å². The summed E-state index contributed by atoms with van der Waals surface area (Å²) >= 11 is 0. The van der Waals surface area contributed by atoms with Crippen molar-refractivity contribution < 1.29 is 8.42 Å². The van der Waals surface area contributed by atoms with Gasteiger partial charge in [0.1, 0.15) is 0 Å². The summed E-state index contributed by atoms with van der Waals surface area (Å²) in [6.45, 7) is 2.52. The highest BCUT2D eigenvalue weighted by molar-refractivity contribution is 8.13. The van der Waals surface area contributed by atoms with Gasteiger partial charge < -0.3 is 0 Å². The summed E-state index contributed by atoms with van der Waals surface area (Å²) in [5.74, 6) is 0.449. The quantitative estimate of drug-likeness (QED) is 0.787. The van der Waals surface area contributed by atoms with Gasteiger partial charge >= 0.3 is 0 Å². The van der Waals surface area contributed by atoms with Gasteiger partial charge in [0.25, 0.3) is 9.05 Å². The van der Waals surface area contributed by atoms with Gasteiger partial charge in [-0.05, 0) is 36.4 Å². The van der Waals surface area contributed by atoms with E-state index in [2.05, 4.69) is 15.4 Å². The summed E-state index contributed by atoms with van der Waals surface area (Å²) in [6, 6.07) is 5.99. The molecule has 1 aromatic carbocycles. The van der Waals surface area contributed by atoms with E-state index < -0.39 is 9.05 Å². The summed E-state index contributed by atoms with van der Waals surface area (Å²) in [5.41, 5.74) is 0.689. The standard InChI is InChI=1S/C9H9ClN4O2S/c1-2-14-12-9(11-13-14)7-3-5-8(6-4-7)17(10,15)16/h3-6H,2H2,1H3. The first-order valence-corrected chi connectivity index (χ1v) is 7.14. The van der Waals surface area contributed by atoms with Crippen molar-refractivity contribution in [1.82, 2.24) is 20.2 Å². The monoisotopic (exact) mass is 272 g/mol. The van der Waals surface area contributed by atoms with Crippen LogP contribution in [-0.4, -0.2) is 28.6 Å². The predicted molar refractivity (Wildman–Crippen MR) is 62.0 cm³/mol. The van der Waals surface area contributed by atoms with Crippen LogP contribution in [0.3, 0.4) is 0 Å². The van der Waals surface area contributed by atoms with Crippen LogP contribution in [0.5, 0.6) is 0 Å². The molecule has 0 atom stereocenters. The van der Waals surface area contributed by atoms with Gasteiger partial charge in [-0.25, -0.2) is 8.42 Å². The van der Waals surface area contributed by atoms with Crippen LogP contribution in [0.1, 0.15) is 6.92 Å². The van der Waals surface area contributed by atoms with Crippen LogP contribution in [0.4, 0.5) is 0 Å². The van der Waals surface area contributed by atoms with E-state index in [-0.39, 0.29) is 4.90 Å². The number of rotatable bonds is 3. The maximum absolute atomic E-state index is 11.0. The highest BCUT2D eigenvalue weighted by Gasteiger charge is 2.11. The molecule has 6 nitrogen and oxygen atoms in total. The maximum atomic E-state index is 11.0. The van der Waals surface area contributed by atoms with Gasteiger partial charge in [0.2, 0.25) is 5.82 Å². The number of halogens is 1. The van der Waals surface area contributed by atoms with Crippen molar-refractivity contribution in [1.29, 1.82) is 0 Å². The first-order chi connectivity index (χ1) is 8.00. The smallest absolute Gasteiger partial charge is 0.207 e. The van der Waals surface area contributed by atoms with E-state index in [1.165, 1.54) is 16.9 Å². The van der Waals surface area contributed by atoms with E-state index in [0.29, 0.717) is 17.9 Å². The third-order valence-corrected chi connectivity index (χ3v) is 3.50. The average molecular weight is 273 g/mol. The van der Waals surface area contributed by atoms with Gasteiger partial charge in [-0.1, -0.05) is 0 Å². The molecule has 8 heteroatoms. The highest BCUT2D eigenvalue weighted by Crippen LogP contribution is 2.19. The normalized spacial score (nSPS) is 11.6. The Labute approximate surface area is 103 Å². The fourth-order valence-electron chi connectivity index (χ4n) is 1.26. The Morgan fingerprint density at radius 1 is 1.29 bits per heavy atom. The molecule has 0 unspecified atom stereocenters. The largest absolute Gasteiger partial charge is 0.261 e. The number of hydrogen-bond donors (Lipinski definition) is 0. The number of benzene rings is 1. The SMILES string of the molecule is CCn1nnc(-c2ccc(S(=O)(=O)Cl)cc2)n1. The van der Waals surface area contributed by atoms with Gasteiger partial charge in [0.15, 0.2) is 0 Å². The Kier molecular flexibility index (Phi) is 3.12. The lowest BCUT2D eigenvalue weighted by atomic mass is 10.2. The third-order valence-electron chi connectivity index (χ3n) is 2.13. The Hall–Kier alpha value is -1.47. The minimum atomic E-state index is -3.69. The number of hydrogen-bond acceptors (Lipinski definition) is 5. The summed E-state index contributed by atoms with van der Waals surface area (Å²) in [4.78, 5) is 1.49. The molecule has 2 rings (SSSR count). The summed E-state index contributed by atoms with van der Waals surface area (Å²) in [6.07, 6.45) is 0. The van der Waals surface area contributed by atoms with E-state index in [0.717, 1.165) is 0 Å². The van der Waals surface area contributed by atoms with Crippen molar-refractivity contribution in [3.8, 4) is 11.4 Å². The molecule has 90 valence electrons. The lowest BCUT2D eigenvalue weighted by Crippen LogP contribution is -1.98. The minimum absolute atomic E-state index is 0.0470. The number of tetrazole rings is 1. The molecule has 0 N–H and O–H groups in total. The molecule has 0 bridgehead atoms.